The largest absolute Gasteiger partial charge is 0.497 e. The summed E-state index contributed by atoms with van der Waals surface area (Å²) in [6, 6.07) is 5.20. The number of furan rings is 1. The van der Waals surface area contributed by atoms with E-state index in [1.807, 2.05) is 42.8 Å². The number of amides is 2. The van der Waals surface area contributed by atoms with E-state index in [0.717, 1.165) is 28.0 Å². The Bertz CT molecular complexity index is 855. The first-order valence-electron chi connectivity index (χ1n) is 8.15. The molecule has 3 aromatic rings. The van der Waals surface area contributed by atoms with Crippen LogP contribution in [-0.2, 0) is 6.54 Å². The molecule has 132 valence electrons. The van der Waals surface area contributed by atoms with Gasteiger partial charge in [-0.2, -0.15) is 0 Å². The van der Waals surface area contributed by atoms with E-state index < -0.39 is 0 Å². The Balaban J connectivity index is 1.62. The highest BCUT2D eigenvalue weighted by atomic mass is 16.5. The standard InChI is InChI=1S/C18H22N4O3/c1-12-15-10-14(24-3)4-5-16(15)25-17(12)13(2)21-18(23)20-7-9-22-8-6-19-11-22/h4-6,8,10-11,13H,7,9H2,1-3H3,(H2,20,21,23)/t13-/m0/s1. The zero-order chi connectivity index (χ0) is 17.8. The SMILES string of the molecule is COc1ccc2oc([C@H](C)NC(=O)NCCn3ccnc3)c(C)c2c1. The summed E-state index contributed by atoms with van der Waals surface area (Å²) in [5, 5.41) is 6.73. The highest BCUT2D eigenvalue weighted by Gasteiger charge is 2.18. The van der Waals surface area contributed by atoms with Crippen molar-refractivity contribution in [1.82, 2.24) is 20.2 Å². The van der Waals surface area contributed by atoms with E-state index in [0.29, 0.717) is 13.1 Å². The third-order valence-electron chi connectivity index (χ3n) is 4.14. The van der Waals surface area contributed by atoms with Crippen LogP contribution in [0, 0.1) is 6.92 Å². The fourth-order valence-electron chi connectivity index (χ4n) is 2.79. The summed E-state index contributed by atoms with van der Waals surface area (Å²) in [4.78, 5) is 16.0. The van der Waals surface area contributed by atoms with Crippen LogP contribution >= 0.6 is 0 Å². The van der Waals surface area contributed by atoms with E-state index in [2.05, 4.69) is 15.6 Å². The molecule has 0 spiro atoms. The van der Waals surface area contributed by atoms with Crippen LogP contribution in [0.2, 0.25) is 0 Å². The number of imidazole rings is 1. The molecule has 1 aromatic carbocycles. The smallest absolute Gasteiger partial charge is 0.315 e. The topological polar surface area (TPSA) is 81.3 Å². The van der Waals surface area contributed by atoms with Crippen molar-refractivity contribution in [2.75, 3.05) is 13.7 Å². The Morgan fingerprint density at radius 1 is 1.44 bits per heavy atom. The van der Waals surface area contributed by atoms with Crippen molar-refractivity contribution in [2.45, 2.75) is 26.4 Å². The third-order valence-corrected chi connectivity index (χ3v) is 4.14. The lowest BCUT2D eigenvalue weighted by molar-refractivity contribution is 0.236. The first-order valence-corrected chi connectivity index (χ1v) is 8.15. The number of aryl methyl sites for hydroxylation is 1. The Hall–Kier alpha value is -2.96. The second-order valence-electron chi connectivity index (χ2n) is 5.88. The molecule has 1 atom stereocenters. The minimum Gasteiger partial charge on any atom is -0.497 e. The molecule has 0 aliphatic heterocycles. The summed E-state index contributed by atoms with van der Waals surface area (Å²) >= 11 is 0. The molecule has 7 nitrogen and oxygen atoms in total. The number of urea groups is 1. The number of rotatable bonds is 6. The minimum atomic E-state index is -0.244. The van der Waals surface area contributed by atoms with Crippen molar-refractivity contribution in [3.8, 4) is 5.75 Å². The average Bonchev–Trinajstić information content (AvgIpc) is 3.23. The van der Waals surface area contributed by atoms with Gasteiger partial charge in [-0.3, -0.25) is 0 Å². The molecule has 25 heavy (non-hydrogen) atoms. The summed E-state index contributed by atoms with van der Waals surface area (Å²) < 4.78 is 13.1. The Kier molecular flexibility index (Phi) is 4.92. The number of nitrogens with one attached hydrogen (secondary N) is 2. The third kappa shape index (κ3) is 3.76. The lowest BCUT2D eigenvalue weighted by Crippen LogP contribution is -2.38. The number of ether oxygens (including phenoxy) is 1. The molecule has 0 bridgehead atoms. The first-order chi connectivity index (χ1) is 12.1. The van der Waals surface area contributed by atoms with Gasteiger partial charge in [-0.15, -0.1) is 0 Å². The van der Waals surface area contributed by atoms with Crippen molar-refractivity contribution >= 4 is 17.0 Å². The maximum absolute atomic E-state index is 12.1. The molecule has 2 N–H and O–H groups in total. The van der Waals surface area contributed by atoms with Crippen LogP contribution < -0.4 is 15.4 Å². The number of hydrogen-bond acceptors (Lipinski definition) is 4. The van der Waals surface area contributed by atoms with Gasteiger partial charge >= 0.3 is 6.03 Å². The van der Waals surface area contributed by atoms with Gasteiger partial charge in [0.2, 0.25) is 0 Å². The number of aromatic nitrogens is 2. The fourth-order valence-corrected chi connectivity index (χ4v) is 2.79. The molecule has 2 amide bonds. The van der Waals surface area contributed by atoms with E-state index in [9.17, 15) is 4.79 Å². The summed E-state index contributed by atoms with van der Waals surface area (Å²) in [5.74, 6) is 1.52. The summed E-state index contributed by atoms with van der Waals surface area (Å²) in [7, 11) is 1.63. The van der Waals surface area contributed by atoms with Crippen LogP contribution in [0.5, 0.6) is 5.75 Å². The van der Waals surface area contributed by atoms with Crippen molar-refractivity contribution in [3.05, 3.63) is 48.2 Å². The normalized spacial score (nSPS) is 12.1. The van der Waals surface area contributed by atoms with Crippen LogP contribution in [0.4, 0.5) is 4.79 Å². The maximum Gasteiger partial charge on any atom is 0.315 e. The lowest BCUT2D eigenvalue weighted by atomic mass is 10.1. The van der Waals surface area contributed by atoms with E-state index in [1.165, 1.54) is 0 Å². The molecule has 2 heterocycles. The van der Waals surface area contributed by atoms with Gasteiger partial charge in [0.25, 0.3) is 0 Å². The fraction of sp³-hybridized carbons (Fsp3) is 0.333. The number of benzene rings is 1. The van der Waals surface area contributed by atoms with Gasteiger partial charge in [-0.1, -0.05) is 0 Å². The number of methoxy groups -OCH3 is 1. The molecular formula is C18H22N4O3. The van der Waals surface area contributed by atoms with Crippen LogP contribution in [0.25, 0.3) is 11.0 Å². The van der Waals surface area contributed by atoms with Crippen molar-refractivity contribution in [2.24, 2.45) is 0 Å². The van der Waals surface area contributed by atoms with Gasteiger partial charge in [-0.25, -0.2) is 9.78 Å². The van der Waals surface area contributed by atoms with Crippen molar-refractivity contribution in [1.29, 1.82) is 0 Å². The zero-order valence-electron chi connectivity index (χ0n) is 14.6. The van der Waals surface area contributed by atoms with Crippen LogP contribution in [-0.4, -0.2) is 29.2 Å². The van der Waals surface area contributed by atoms with Gasteiger partial charge in [0, 0.05) is 36.4 Å². The lowest BCUT2D eigenvalue weighted by Gasteiger charge is -2.13. The van der Waals surface area contributed by atoms with E-state index in [-0.39, 0.29) is 12.1 Å². The van der Waals surface area contributed by atoms with Crippen LogP contribution in [0.15, 0.2) is 41.3 Å². The van der Waals surface area contributed by atoms with E-state index in [4.69, 9.17) is 9.15 Å². The van der Waals surface area contributed by atoms with Gasteiger partial charge in [0.1, 0.15) is 17.1 Å². The molecular weight excluding hydrogens is 320 g/mol. The second kappa shape index (κ2) is 7.29. The average molecular weight is 342 g/mol. The summed E-state index contributed by atoms with van der Waals surface area (Å²) in [5.41, 5.74) is 1.78. The molecule has 0 radical (unpaired) electrons. The molecule has 0 fully saturated rings. The second-order valence-corrected chi connectivity index (χ2v) is 5.88. The molecule has 0 saturated heterocycles. The Morgan fingerprint density at radius 3 is 3.00 bits per heavy atom. The van der Waals surface area contributed by atoms with Gasteiger partial charge < -0.3 is 24.4 Å². The number of carbonyl (C=O) groups excluding carboxylic acids is 1. The number of carbonyl (C=O) groups is 1. The number of hydrogen-bond donors (Lipinski definition) is 2. The van der Waals surface area contributed by atoms with Crippen molar-refractivity contribution < 1.29 is 13.9 Å². The minimum absolute atomic E-state index is 0.231. The molecule has 0 saturated carbocycles. The van der Waals surface area contributed by atoms with Crippen molar-refractivity contribution in [3.63, 3.8) is 0 Å². The number of fused-ring (bicyclic) bond motifs is 1. The molecule has 3 rings (SSSR count). The van der Waals surface area contributed by atoms with Gasteiger partial charge in [0.05, 0.1) is 19.5 Å². The molecule has 2 aromatic heterocycles. The monoisotopic (exact) mass is 342 g/mol. The summed E-state index contributed by atoms with van der Waals surface area (Å²) in [6.07, 6.45) is 5.28. The van der Waals surface area contributed by atoms with E-state index in [1.54, 1.807) is 19.6 Å². The molecule has 7 heteroatoms. The van der Waals surface area contributed by atoms with Gasteiger partial charge in [-0.05, 0) is 32.0 Å². The first kappa shape index (κ1) is 16.9. The number of nitrogens with zero attached hydrogens (tertiary/aromatic N) is 2. The Morgan fingerprint density at radius 2 is 2.28 bits per heavy atom. The quantitative estimate of drug-likeness (QED) is 0.721. The van der Waals surface area contributed by atoms with Crippen LogP contribution in [0.1, 0.15) is 24.3 Å². The molecule has 0 aliphatic rings. The highest BCUT2D eigenvalue weighted by Crippen LogP contribution is 2.31. The predicted octanol–water partition coefficient (Wildman–Crippen LogP) is 3.01. The zero-order valence-corrected chi connectivity index (χ0v) is 14.6. The molecule has 0 aliphatic carbocycles. The maximum atomic E-state index is 12.1. The Labute approximate surface area is 146 Å². The molecule has 0 unspecified atom stereocenters. The predicted molar refractivity (Wildman–Crippen MR) is 94.7 cm³/mol. The summed E-state index contributed by atoms with van der Waals surface area (Å²) in [6.45, 7) is 5.07. The van der Waals surface area contributed by atoms with Gasteiger partial charge in [0.15, 0.2) is 0 Å². The highest BCUT2D eigenvalue weighted by molar-refractivity contribution is 5.84. The van der Waals surface area contributed by atoms with E-state index >= 15 is 0 Å². The van der Waals surface area contributed by atoms with Crippen LogP contribution in [0.3, 0.4) is 0 Å².